The monoisotopic (exact) mass is 373 g/mol. The average molecular weight is 374 g/mol. The van der Waals surface area contributed by atoms with E-state index in [1.807, 2.05) is 24.3 Å². The van der Waals surface area contributed by atoms with E-state index in [9.17, 15) is 4.79 Å². The molecule has 1 fully saturated rings. The van der Waals surface area contributed by atoms with Crippen molar-refractivity contribution >= 4 is 17.4 Å². The van der Waals surface area contributed by atoms with E-state index in [1.54, 1.807) is 18.4 Å². The summed E-state index contributed by atoms with van der Waals surface area (Å²) >= 11 is 1.71. The first kappa shape index (κ1) is 18.7. The van der Waals surface area contributed by atoms with Crippen molar-refractivity contribution in [3.63, 3.8) is 0 Å². The molecule has 1 aromatic carbocycles. The van der Waals surface area contributed by atoms with Crippen LogP contribution in [0.25, 0.3) is 0 Å². The lowest BCUT2D eigenvalue weighted by molar-refractivity contribution is 0.221. The summed E-state index contributed by atoms with van der Waals surface area (Å²) in [6, 6.07) is 10.3. The molecule has 2 N–H and O–H groups in total. The van der Waals surface area contributed by atoms with Gasteiger partial charge in [-0.3, -0.25) is 4.90 Å². The molecule has 6 heteroatoms. The summed E-state index contributed by atoms with van der Waals surface area (Å²) in [5, 5.41) is 10.3. The van der Waals surface area contributed by atoms with Crippen molar-refractivity contribution in [3.8, 4) is 5.75 Å². The Morgan fingerprint density at radius 1 is 1.19 bits per heavy atom. The predicted molar refractivity (Wildman–Crippen MR) is 106 cm³/mol. The van der Waals surface area contributed by atoms with Crippen molar-refractivity contribution in [2.24, 2.45) is 0 Å². The summed E-state index contributed by atoms with van der Waals surface area (Å²) < 4.78 is 5.16. The van der Waals surface area contributed by atoms with E-state index in [2.05, 4.69) is 32.4 Å². The standard InChI is InChI=1S/C20H27N3O2S/c1-25-18-6-4-16(5-7-18)8-10-21-20(24)22-14-19(17-9-13-26-15-17)23-11-2-3-12-23/h4-7,9,13,15,19H,2-3,8,10-12,14H2,1H3,(H2,21,22,24). The minimum absolute atomic E-state index is 0.0991. The number of urea groups is 1. The topological polar surface area (TPSA) is 53.6 Å². The Morgan fingerprint density at radius 2 is 1.96 bits per heavy atom. The molecule has 5 nitrogen and oxygen atoms in total. The number of thiophene rings is 1. The van der Waals surface area contributed by atoms with Crippen LogP contribution in [0.15, 0.2) is 41.1 Å². The summed E-state index contributed by atoms with van der Waals surface area (Å²) in [5.74, 6) is 0.848. The van der Waals surface area contributed by atoms with E-state index in [4.69, 9.17) is 4.74 Å². The maximum absolute atomic E-state index is 12.2. The lowest BCUT2D eigenvalue weighted by atomic mass is 10.1. The molecule has 0 bridgehead atoms. The van der Waals surface area contributed by atoms with Crippen LogP contribution in [0.3, 0.4) is 0 Å². The summed E-state index contributed by atoms with van der Waals surface area (Å²) in [5.41, 5.74) is 2.48. The summed E-state index contributed by atoms with van der Waals surface area (Å²) in [4.78, 5) is 14.6. The highest BCUT2D eigenvalue weighted by molar-refractivity contribution is 7.07. The number of likely N-dealkylation sites (tertiary alicyclic amines) is 1. The second kappa shape index (κ2) is 9.59. The zero-order valence-corrected chi connectivity index (χ0v) is 16.1. The third kappa shape index (κ3) is 5.22. The van der Waals surface area contributed by atoms with Gasteiger partial charge in [0.05, 0.1) is 13.2 Å². The summed E-state index contributed by atoms with van der Waals surface area (Å²) in [6.45, 7) is 3.48. The molecule has 1 aromatic heterocycles. The molecule has 2 aromatic rings. The molecular formula is C20H27N3O2S. The molecule has 1 atom stereocenters. The van der Waals surface area contributed by atoms with Crippen LogP contribution < -0.4 is 15.4 Å². The van der Waals surface area contributed by atoms with Crippen LogP contribution in [0.1, 0.15) is 30.0 Å². The Hall–Kier alpha value is -2.05. The Bertz CT molecular complexity index is 667. The van der Waals surface area contributed by atoms with Crippen molar-refractivity contribution in [1.29, 1.82) is 0 Å². The minimum Gasteiger partial charge on any atom is -0.497 e. The number of nitrogens with one attached hydrogen (secondary N) is 2. The molecule has 0 radical (unpaired) electrons. The van der Waals surface area contributed by atoms with Gasteiger partial charge in [0.25, 0.3) is 0 Å². The van der Waals surface area contributed by atoms with Gasteiger partial charge in [-0.2, -0.15) is 11.3 Å². The first-order chi connectivity index (χ1) is 12.8. The third-order valence-electron chi connectivity index (χ3n) is 4.82. The van der Waals surface area contributed by atoms with Crippen LogP contribution >= 0.6 is 11.3 Å². The normalized spacial score (nSPS) is 15.6. The second-order valence-corrected chi connectivity index (χ2v) is 7.33. The molecule has 0 spiro atoms. The van der Waals surface area contributed by atoms with Crippen molar-refractivity contribution in [2.75, 3.05) is 33.3 Å². The molecule has 2 heterocycles. The number of hydrogen-bond acceptors (Lipinski definition) is 4. The molecule has 1 unspecified atom stereocenters. The highest BCUT2D eigenvalue weighted by Gasteiger charge is 2.24. The highest BCUT2D eigenvalue weighted by Crippen LogP contribution is 2.26. The van der Waals surface area contributed by atoms with Gasteiger partial charge in [0.15, 0.2) is 0 Å². The van der Waals surface area contributed by atoms with E-state index in [0.717, 1.165) is 25.3 Å². The zero-order valence-electron chi connectivity index (χ0n) is 15.2. The summed E-state index contributed by atoms with van der Waals surface area (Å²) in [6.07, 6.45) is 3.29. The van der Waals surface area contributed by atoms with Gasteiger partial charge in [0, 0.05) is 13.1 Å². The quantitative estimate of drug-likeness (QED) is 0.745. The first-order valence-electron chi connectivity index (χ1n) is 9.17. The largest absolute Gasteiger partial charge is 0.497 e. The van der Waals surface area contributed by atoms with E-state index in [1.165, 1.54) is 24.0 Å². The number of carbonyl (C=O) groups is 1. The SMILES string of the molecule is COc1ccc(CCNC(=O)NCC(c2ccsc2)N2CCCC2)cc1. The van der Waals surface area contributed by atoms with Crippen LogP contribution in [0, 0.1) is 0 Å². The highest BCUT2D eigenvalue weighted by atomic mass is 32.1. The van der Waals surface area contributed by atoms with E-state index >= 15 is 0 Å². The van der Waals surface area contributed by atoms with E-state index < -0.39 is 0 Å². The molecule has 1 aliphatic heterocycles. The summed E-state index contributed by atoms with van der Waals surface area (Å²) in [7, 11) is 1.66. The van der Waals surface area contributed by atoms with Gasteiger partial charge in [-0.25, -0.2) is 4.79 Å². The maximum Gasteiger partial charge on any atom is 0.314 e. The van der Waals surface area contributed by atoms with Crippen molar-refractivity contribution in [3.05, 3.63) is 52.2 Å². The lowest BCUT2D eigenvalue weighted by Gasteiger charge is -2.27. The van der Waals surface area contributed by atoms with Gasteiger partial charge in [0.1, 0.15) is 5.75 Å². The van der Waals surface area contributed by atoms with Crippen LogP contribution in [0.5, 0.6) is 5.75 Å². The molecular weight excluding hydrogens is 346 g/mol. The Labute approximate surface area is 159 Å². The van der Waals surface area contributed by atoms with Crippen LogP contribution in [-0.4, -0.2) is 44.2 Å². The van der Waals surface area contributed by atoms with Crippen LogP contribution in [0.2, 0.25) is 0 Å². The van der Waals surface area contributed by atoms with Crippen molar-refractivity contribution in [1.82, 2.24) is 15.5 Å². The second-order valence-electron chi connectivity index (χ2n) is 6.55. The smallest absolute Gasteiger partial charge is 0.314 e. The molecule has 1 aliphatic rings. The lowest BCUT2D eigenvalue weighted by Crippen LogP contribution is -2.42. The van der Waals surface area contributed by atoms with Crippen molar-refractivity contribution in [2.45, 2.75) is 25.3 Å². The predicted octanol–water partition coefficient (Wildman–Crippen LogP) is 3.44. The Morgan fingerprint density at radius 3 is 2.62 bits per heavy atom. The third-order valence-corrected chi connectivity index (χ3v) is 5.53. The van der Waals surface area contributed by atoms with Crippen LogP contribution in [0.4, 0.5) is 4.79 Å². The first-order valence-corrected chi connectivity index (χ1v) is 10.1. The van der Waals surface area contributed by atoms with Gasteiger partial charge in [-0.1, -0.05) is 12.1 Å². The molecule has 3 rings (SSSR count). The van der Waals surface area contributed by atoms with Gasteiger partial charge in [-0.15, -0.1) is 0 Å². The molecule has 0 saturated carbocycles. The van der Waals surface area contributed by atoms with E-state index in [-0.39, 0.29) is 12.1 Å². The molecule has 0 aliphatic carbocycles. The number of carbonyl (C=O) groups excluding carboxylic acids is 1. The number of benzene rings is 1. The fraction of sp³-hybridized carbons (Fsp3) is 0.450. The Kier molecular flexibility index (Phi) is 6.91. The molecule has 140 valence electrons. The molecule has 2 amide bonds. The number of amides is 2. The number of methoxy groups -OCH3 is 1. The van der Waals surface area contributed by atoms with Gasteiger partial charge in [0.2, 0.25) is 0 Å². The number of rotatable bonds is 8. The van der Waals surface area contributed by atoms with Crippen molar-refractivity contribution < 1.29 is 9.53 Å². The molecule has 26 heavy (non-hydrogen) atoms. The number of ether oxygens (including phenoxy) is 1. The average Bonchev–Trinajstić information content (AvgIpc) is 3.37. The van der Waals surface area contributed by atoms with Gasteiger partial charge in [-0.05, 0) is 72.4 Å². The fourth-order valence-electron chi connectivity index (χ4n) is 3.34. The van der Waals surface area contributed by atoms with Crippen LogP contribution in [-0.2, 0) is 6.42 Å². The number of nitrogens with zero attached hydrogens (tertiary/aromatic N) is 1. The van der Waals surface area contributed by atoms with E-state index in [0.29, 0.717) is 13.1 Å². The fourth-order valence-corrected chi connectivity index (χ4v) is 4.05. The molecule has 1 saturated heterocycles. The minimum atomic E-state index is -0.0991. The maximum atomic E-state index is 12.2. The zero-order chi connectivity index (χ0) is 18.2. The Balaban J connectivity index is 1.43. The van der Waals surface area contributed by atoms with Gasteiger partial charge >= 0.3 is 6.03 Å². The van der Waals surface area contributed by atoms with Gasteiger partial charge < -0.3 is 15.4 Å². The number of hydrogen-bond donors (Lipinski definition) is 2.